The Bertz CT molecular complexity index is 236. The summed E-state index contributed by atoms with van der Waals surface area (Å²) in [6, 6.07) is 0. The molecule has 3 atom stereocenters. The zero-order chi connectivity index (χ0) is 12.2. The zero-order valence-corrected chi connectivity index (χ0v) is 12.2. The maximum absolute atomic E-state index is 1.59. The van der Waals surface area contributed by atoms with Crippen LogP contribution in [0.2, 0.25) is 0 Å². The molecule has 0 aromatic heterocycles. The Morgan fingerprint density at radius 2 is 1.28 bits per heavy atom. The van der Waals surface area contributed by atoms with Crippen LogP contribution >= 0.6 is 0 Å². The minimum absolute atomic E-state index is 1.11. The van der Waals surface area contributed by atoms with Gasteiger partial charge in [-0.2, -0.15) is 0 Å². The van der Waals surface area contributed by atoms with E-state index in [0.29, 0.717) is 0 Å². The Hall–Kier alpha value is 0. The molecule has 0 spiro atoms. The van der Waals surface area contributed by atoms with Crippen molar-refractivity contribution in [1.82, 2.24) is 0 Å². The molecule has 0 amide bonds. The van der Waals surface area contributed by atoms with Crippen LogP contribution in [-0.4, -0.2) is 0 Å². The zero-order valence-electron chi connectivity index (χ0n) is 12.2. The summed E-state index contributed by atoms with van der Waals surface area (Å²) in [6.45, 7) is 0. The van der Waals surface area contributed by atoms with Gasteiger partial charge in [-0.3, -0.25) is 0 Å². The standard InChI is InChI=1S/C18H32/c1-2-7-15(8-3-1)13-14-17-11-6-10-16-9-4-5-12-18(16)17/h15-18H,1-14H2. The van der Waals surface area contributed by atoms with E-state index in [9.17, 15) is 0 Å². The van der Waals surface area contributed by atoms with Gasteiger partial charge in [-0.05, 0) is 36.5 Å². The highest BCUT2D eigenvalue weighted by molar-refractivity contribution is 4.85. The molecule has 0 nitrogen and oxygen atoms in total. The second-order valence-electron chi connectivity index (χ2n) is 7.48. The fraction of sp³-hybridized carbons (Fsp3) is 1.00. The van der Waals surface area contributed by atoms with Crippen molar-refractivity contribution in [3.63, 3.8) is 0 Å². The van der Waals surface area contributed by atoms with Gasteiger partial charge in [-0.1, -0.05) is 77.0 Å². The number of hydrogen-bond donors (Lipinski definition) is 0. The summed E-state index contributed by atoms with van der Waals surface area (Å²) in [5.74, 6) is 4.54. The van der Waals surface area contributed by atoms with E-state index < -0.39 is 0 Å². The molecular formula is C18H32. The minimum atomic E-state index is 1.11. The molecular weight excluding hydrogens is 216 g/mol. The SMILES string of the molecule is C1CCC(CCC2CCCC3CCCCC32)CC1. The van der Waals surface area contributed by atoms with E-state index in [-0.39, 0.29) is 0 Å². The first-order valence-electron chi connectivity index (χ1n) is 8.93. The van der Waals surface area contributed by atoms with Crippen molar-refractivity contribution < 1.29 is 0 Å². The molecule has 3 aliphatic rings. The Balaban J connectivity index is 1.48. The van der Waals surface area contributed by atoms with Gasteiger partial charge in [-0.25, -0.2) is 0 Å². The molecule has 3 aliphatic carbocycles. The van der Waals surface area contributed by atoms with Crippen molar-refractivity contribution in [3.8, 4) is 0 Å². The number of fused-ring (bicyclic) bond motifs is 1. The molecule has 3 saturated carbocycles. The summed E-state index contributed by atoms with van der Waals surface area (Å²) in [7, 11) is 0. The third-order valence-corrected chi connectivity index (χ3v) is 6.39. The third-order valence-electron chi connectivity index (χ3n) is 6.39. The van der Waals surface area contributed by atoms with Gasteiger partial charge < -0.3 is 0 Å². The van der Waals surface area contributed by atoms with Crippen LogP contribution < -0.4 is 0 Å². The monoisotopic (exact) mass is 248 g/mol. The lowest BCUT2D eigenvalue weighted by Crippen LogP contribution is -2.31. The summed E-state index contributed by atoms with van der Waals surface area (Å²) in [5.41, 5.74) is 0. The molecule has 104 valence electrons. The van der Waals surface area contributed by atoms with Crippen molar-refractivity contribution >= 4 is 0 Å². The van der Waals surface area contributed by atoms with E-state index >= 15 is 0 Å². The van der Waals surface area contributed by atoms with Gasteiger partial charge >= 0.3 is 0 Å². The Morgan fingerprint density at radius 3 is 2.17 bits per heavy atom. The predicted molar refractivity (Wildman–Crippen MR) is 78.6 cm³/mol. The Labute approximate surface area is 114 Å². The Morgan fingerprint density at radius 1 is 0.556 bits per heavy atom. The number of rotatable bonds is 3. The lowest BCUT2D eigenvalue weighted by Gasteiger charge is -2.42. The molecule has 0 heteroatoms. The van der Waals surface area contributed by atoms with Crippen LogP contribution in [0.25, 0.3) is 0 Å². The van der Waals surface area contributed by atoms with Gasteiger partial charge in [0.25, 0.3) is 0 Å². The van der Waals surface area contributed by atoms with Gasteiger partial charge in [0.2, 0.25) is 0 Å². The van der Waals surface area contributed by atoms with Crippen molar-refractivity contribution in [2.75, 3.05) is 0 Å². The smallest absolute Gasteiger partial charge is 0.0357 e. The first-order chi connectivity index (χ1) is 8.93. The summed E-state index contributed by atoms with van der Waals surface area (Å²) >= 11 is 0. The lowest BCUT2D eigenvalue weighted by atomic mass is 9.64. The van der Waals surface area contributed by atoms with Crippen LogP contribution in [0, 0.1) is 23.7 Å². The molecule has 0 radical (unpaired) electrons. The van der Waals surface area contributed by atoms with Gasteiger partial charge in [0.1, 0.15) is 0 Å². The largest absolute Gasteiger partial charge is 0.0533 e. The van der Waals surface area contributed by atoms with E-state index in [2.05, 4.69) is 0 Å². The molecule has 0 aromatic carbocycles. The van der Waals surface area contributed by atoms with Gasteiger partial charge in [0.15, 0.2) is 0 Å². The maximum Gasteiger partial charge on any atom is -0.0357 e. The summed E-state index contributed by atoms with van der Waals surface area (Å²) in [6.07, 6.45) is 21.8. The van der Waals surface area contributed by atoms with Crippen LogP contribution in [0.5, 0.6) is 0 Å². The van der Waals surface area contributed by atoms with Crippen LogP contribution in [0.15, 0.2) is 0 Å². The first-order valence-corrected chi connectivity index (χ1v) is 8.93. The molecule has 0 N–H and O–H groups in total. The molecule has 0 heterocycles. The Kier molecular flexibility index (Phi) is 4.65. The second-order valence-corrected chi connectivity index (χ2v) is 7.48. The second kappa shape index (κ2) is 6.44. The highest BCUT2D eigenvalue weighted by Crippen LogP contribution is 2.46. The van der Waals surface area contributed by atoms with Crippen molar-refractivity contribution in [2.45, 2.75) is 89.9 Å². The molecule has 0 saturated heterocycles. The van der Waals surface area contributed by atoms with Crippen LogP contribution in [-0.2, 0) is 0 Å². The average Bonchev–Trinajstić information content (AvgIpc) is 2.46. The summed E-state index contributed by atoms with van der Waals surface area (Å²) < 4.78 is 0. The minimum Gasteiger partial charge on any atom is -0.0533 e. The quantitative estimate of drug-likeness (QED) is 0.578. The van der Waals surface area contributed by atoms with E-state index in [4.69, 9.17) is 0 Å². The van der Waals surface area contributed by atoms with Crippen molar-refractivity contribution in [2.24, 2.45) is 23.7 Å². The van der Waals surface area contributed by atoms with Crippen molar-refractivity contribution in [3.05, 3.63) is 0 Å². The molecule has 3 rings (SSSR count). The van der Waals surface area contributed by atoms with E-state index in [1.807, 2.05) is 0 Å². The molecule has 3 unspecified atom stereocenters. The highest BCUT2D eigenvalue weighted by Gasteiger charge is 2.34. The maximum atomic E-state index is 1.59. The predicted octanol–water partition coefficient (Wildman–Crippen LogP) is 5.95. The fourth-order valence-electron chi connectivity index (χ4n) is 5.36. The lowest BCUT2D eigenvalue weighted by molar-refractivity contribution is 0.0915. The van der Waals surface area contributed by atoms with E-state index in [1.165, 1.54) is 25.7 Å². The third kappa shape index (κ3) is 3.11. The molecule has 0 aromatic rings. The molecule has 0 bridgehead atoms. The fourth-order valence-corrected chi connectivity index (χ4v) is 5.36. The summed E-state index contributed by atoms with van der Waals surface area (Å²) in [4.78, 5) is 0. The van der Waals surface area contributed by atoms with E-state index in [0.717, 1.165) is 23.7 Å². The van der Waals surface area contributed by atoms with Crippen LogP contribution in [0.4, 0.5) is 0 Å². The van der Waals surface area contributed by atoms with Gasteiger partial charge in [-0.15, -0.1) is 0 Å². The van der Waals surface area contributed by atoms with Gasteiger partial charge in [0, 0.05) is 0 Å². The summed E-state index contributed by atoms with van der Waals surface area (Å²) in [5, 5.41) is 0. The number of hydrogen-bond acceptors (Lipinski definition) is 0. The average molecular weight is 248 g/mol. The van der Waals surface area contributed by atoms with Crippen LogP contribution in [0.3, 0.4) is 0 Å². The highest BCUT2D eigenvalue weighted by atomic mass is 14.4. The molecule has 18 heavy (non-hydrogen) atoms. The molecule has 0 aliphatic heterocycles. The first kappa shape index (κ1) is 13.0. The normalized spacial score (nSPS) is 38.3. The van der Waals surface area contributed by atoms with Crippen molar-refractivity contribution in [1.29, 1.82) is 0 Å². The topological polar surface area (TPSA) is 0 Å². The molecule has 3 fully saturated rings. The van der Waals surface area contributed by atoms with Gasteiger partial charge in [0.05, 0.1) is 0 Å². The van der Waals surface area contributed by atoms with E-state index in [1.54, 1.807) is 64.2 Å². The van der Waals surface area contributed by atoms with Crippen LogP contribution in [0.1, 0.15) is 89.9 Å².